The summed E-state index contributed by atoms with van der Waals surface area (Å²) in [5.74, 6) is 0.804. The molecule has 0 radical (unpaired) electrons. The third kappa shape index (κ3) is 2.79. The van der Waals surface area contributed by atoms with E-state index in [1.165, 1.54) is 0 Å². The second-order valence-electron chi connectivity index (χ2n) is 6.32. The van der Waals surface area contributed by atoms with Gasteiger partial charge in [-0.2, -0.15) is 5.10 Å². The first-order chi connectivity index (χ1) is 8.62. The molecule has 0 aliphatic heterocycles. The second-order valence-corrected chi connectivity index (χ2v) is 12.1. The van der Waals surface area contributed by atoms with Crippen molar-refractivity contribution < 1.29 is 4.43 Å². The molecule has 0 aromatic carbocycles. The van der Waals surface area contributed by atoms with E-state index in [1.54, 1.807) is 10.7 Å². The molecule has 4 nitrogen and oxygen atoms in total. The van der Waals surface area contributed by atoms with Crippen LogP contribution in [0.2, 0.25) is 18.1 Å². The molecule has 0 aliphatic rings. The summed E-state index contributed by atoms with van der Waals surface area (Å²) in [7, 11) is -1.82. The normalized spacial score (nSPS) is 13.0. The van der Waals surface area contributed by atoms with Crippen LogP contribution in [0.4, 0.5) is 0 Å². The highest BCUT2D eigenvalue weighted by atomic mass is 127. The molecule has 0 amide bonds. The number of aryl methyl sites for hydroxylation is 1. The standard InChI is InChI=1S/C13H20IN3OSi/c1-9-11(14)12-15-7-10(8-17(12)16-9)18-19(5,6)13(2,3)4/h7-8H,1-6H3. The average molecular weight is 389 g/mol. The van der Waals surface area contributed by atoms with Crippen molar-refractivity contribution in [3.63, 3.8) is 0 Å². The molecule has 104 valence electrons. The number of rotatable bonds is 2. The van der Waals surface area contributed by atoms with Crippen LogP contribution >= 0.6 is 22.6 Å². The summed E-state index contributed by atoms with van der Waals surface area (Å²) >= 11 is 2.27. The lowest BCUT2D eigenvalue weighted by molar-refractivity contribution is 0.486. The first-order valence-corrected chi connectivity index (χ1v) is 10.3. The van der Waals surface area contributed by atoms with E-state index in [-0.39, 0.29) is 5.04 Å². The maximum Gasteiger partial charge on any atom is 0.250 e. The second kappa shape index (κ2) is 4.73. The highest BCUT2D eigenvalue weighted by Gasteiger charge is 2.39. The van der Waals surface area contributed by atoms with Gasteiger partial charge >= 0.3 is 0 Å². The van der Waals surface area contributed by atoms with E-state index < -0.39 is 8.32 Å². The van der Waals surface area contributed by atoms with Gasteiger partial charge in [-0.25, -0.2) is 9.50 Å². The van der Waals surface area contributed by atoms with Gasteiger partial charge in [0.1, 0.15) is 5.75 Å². The minimum Gasteiger partial charge on any atom is -0.541 e. The van der Waals surface area contributed by atoms with Crippen LogP contribution in [0.25, 0.3) is 5.65 Å². The van der Waals surface area contributed by atoms with Gasteiger partial charge in [0.15, 0.2) is 5.65 Å². The summed E-state index contributed by atoms with van der Waals surface area (Å²) in [5.41, 5.74) is 1.89. The van der Waals surface area contributed by atoms with E-state index in [9.17, 15) is 0 Å². The number of aromatic nitrogens is 3. The van der Waals surface area contributed by atoms with Crippen LogP contribution < -0.4 is 4.43 Å². The molecule has 0 spiro atoms. The molecule has 2 heterocycles. The van der Waals surface area contributed by atoms with Gasteiger partial charge in [-0.05, 0) is 47.6 Å². The highest BCUT2D eigenvalue weighted by Crippen LogP contribution is 2.37. The summed E-state index contributed by atoms with van der Waals surface area (Å²) in [6.45, 7) is 13.1. The molecule has 0 atom stereocenters. The van der Waals surface area contributed by atoms with Crippen LogP contribution in [0.5, 0.6) is 5.75 Å². The van der Waals surface area contributed by atoms with E-state index in [4.69, 9.17) is 4.43 Å². The quantitative estimate of drug-likeness (QED) is 0.575. The Morgan fingerprint density at radius 3 is 2.53 bits per heavy atom. The Labute approximate surface area is 128 Å². The number of fused-ring (bicyclic) bond motifs is 1. The van der Waals surface area contributed by atoms with E-state index in [0.717, 1.165) is 20.7 Å². The molecule has 0 saturated carbocycles. The van der Waals surface area contributed by atoms with Crippen molar-refractivity contribution in [2.24, 2.45) is 0 Å². The monoisotopic (exact) mass is 389 g/mol. The number of halogens is 1. The van der Waals surface area contributed by atoms with Gasteiger partial charge in [-0.15, -0.1) is 0 Å². The molecule has 0 bridgehead atoms. The van der Waals surface area contributed by atoms with Crippen LogP contribution in [0, 0.1) is 10.5 Å². The lowest BCUT2D eigenvalue weighted by Gasteiger charge is -2.36. The molecule has 2 aromatic rings. The van der Waals surface area contributed by atoms with Gasteiger partial charge in [0.25, 0.3) is 8.32 Å². The Balaban J connectivity index is 2.37. The summed E-state index contributed by atoms with van der Waals surface area (Å²) < 4.78 is 9.14. The fourth-order valence-corrected chi connectivity index (χ4v) is 3.00. The van der Waals surface area contributed by atoms with Gasteiger partial charge in [0, 0.05) is 0 Å². The van der Waals surface area contributed by atoms with E-state index in [2.05, 4.69) is 66.5 Å². The van der Waals surface area contributed by atoms with Gasteiger partial charge in [0.2, 0.25) is 0 Å². The van der Waals surface area contributed by atoms with Crippen molar-refractivity contribution in [2.45, 2.75) is 45.8 Å². The Kier molecular flexibility index (Phi) is 3.68. The van der Waals surface area contributed by atoms with Crippen LogP contribution in [0.15, 0.2) is 12.4 Å². The molecule has 6 heteroatoms. The fourth-order valence-electron chi connectivity index (χ4n) is 1.50. The summed E-state index contributed by atoms with van der Waals surface area (Å²) in [6.07, 6.45) is 3.73. The zero-order valence-corrected chi connectivity index (χ0v) is 15.4. The Hall–Kier alpha value is -0.633. The Morgan fingerprint density at radius 1 is 1.32 bits per heavy atom. The maximum atomic E-state index is 6.24. The predicted octanol–water partition coefficient (Wildman–Crippen LogP) is 4.03. The topological polar surface area (TPSA) is 39.4 Å². The van der Waals surface area contributed by atoms with Crippen molar-refractivity contribution in [1.82, 2.24) is 14.6 Å². The van der Waals surface area contributed by atoms with Crippen LogP contribution in [0.3, 0.4) is 0 Å². The summed E-state index contributed by atoms with van der Waals surface area (Å²) in [4.78, 5) is 4.46. The Bertz CT molecular complexity index is 616. The van der Waals surface area contributed by atoms with Gasteiger partial charge in [-0.3, -0.25) is 0 Å². The zero-order valence-electron chi connectivity index (χ0n) is 12.3. The van der Waals surface area contributed by atoms with E-state index in [1.807, 2.05) is 13.1 Å². The average Bonchev–Trinajstić information content (AvgIpc) is 2.52. The van der Waals surface area contributed by atoms with E-state index in [0.29, 0.717) is 0 Å². The lowest BCUT2D eigenvalue weighted by Crippen LogP contribution is -2.43. The van der Waals surface area contributed by atoms with Gasteiger partial charge in [0.05, 0.1) is 21.7 Å². The van der Waals surface area contributed by atoms with Crippen molar-refractivity contribution in [2.75, 3.05) is 0 Å². The molecule has 0 fully saturated rings. The van der Waals surface area contributed by atoms with Crippen molar-refractivity contribution in [1.29, 1.82) is 0 Å². The molecule has 0 N–H and O–H groups in total. The molecule has 2 rings (SSSR count). The third-order valence-corrected chi connectivity index (χ3v) is 9.35. The number of hydrogen-bond donors (Lipinski definition) is 0. The van der Waals surface area contributed by atoms with E-state index >= 15 is 0 Å². The molecule has 0 saturated heterocycles. The van der Waals surface area contributed by atoms with Crippen molar-refractivity contribution in [3.8, 4) is 5.75 Å². The minimum atomic E-state index is -1.82. The minimum absolute atomic E-state index is 0.177. The third-order valence-electron chi connectivity index (χ3n) is 3.73. The summed E-state index contributed by atoms with van der Waals surface area (Å²) in [5, 5.41) is 4.62. The SMILES string of the molecule is Cc1nn2cc(O[Si](C)(C)C(C)(C)C)cnc2c1I. The van der Waals surface area contributed by atoms with Crippen molar-refractivity contribution in [3.05, 3.63) is 21.7 Å². The number of nitrogens with zero attached hydrogens (tertiary/aromatic N) is 3. The number of hydrogen-bond acceptors (Lipinski definition) is 3. The maximum absolute atomic E-state index is 6.24. The molecular formula is C13H20IN3OSi. The van der Waals surface area contributed by atoms with Gasteiger partial charge < -0.3 is 4.43 Å². The molecule has 2 aromatic heterocycles. The zero-order chi connectivity index (χ0) is 14.4. The molecule has 0 aliphatic carbocycles. The van der Waals surface area contributed by atoms with Gasteiger partial charge in [-0.1, -0.05) is 20.8 Å². The smallest absolute Gasteiger partial charge is 0.250 e. The van der Waals surface area contributed by atoms with Crippen LogP contribution in [-0.4, -0.2) is 22.9 Å². The largest absolute Gasteiger partial charge is 0.541 e. The first-order valence-electron chi connectivity index (χ1n) is 6.31. The fraction of sp³-hybridized carbons (Fsp3) is 0.538. The van der Waals surface area contributed by atoms with Crippen LogP contribution in [0.1, 0.15) is 26.5 Å². The summed E-state index contributed by atoms with van der Waals surface area (Å²) in [6, 6.07) is 0. The molecule has 0 unspecified atom stereocenters. The molecular weight excluding hydrogens is 369 g/mol. The lowest BCUT2D eigenvalue weighted by atomic mass is 10.2. The Morgan fingerprint density at radius 2 is 1.95 bits per heavy atom. The highest BCUT2D eigenvalue weighted by molar-refractivity contribution is 14.1. The molecule has 19 heavy (non-hydrogen) atoms. The van der Waals surface area contributed by atoms with Crippen molar-refractivity contribution >= 4 is 36.6 Å². The van der Waals surface area contributed by atoms with Crippen LogP contribution in [-0.2, 0) is 0 Å². The predicted molar refractivity (Wildman–Crippen MR) is 88.3 cm³/mol. The first kappa shape index (κ1) is 14.8.